The molecule has 0 radical (unpaired) electrons. The Morgan fingerprint density at radius 1 is 0.645 bits per heavy atom. The molecule has 0 aliphatic carbocycles. The van der Waals surface area contributed by atoms with E-state index in [0.717, 1.165) is 16.7 Å². The molecule has 1 atom stereocenters. The van der Waals surface area contributed by atoms with Gasteiger partial charge in [-0.3, -0.25) is 0 Å². The minimum absolute atomic E-state index is 0.616. The van der Waals surface area contributed by atoms with Gasteiger partial charge in [0.25, 0.3) is 0 Å². The summed E-state index contributed by atoms with van der Waals surface area (Å²) in [7, 11) is -1.40. The van der Waals surface area contributed by atoms with E-state index in [1.165, 1.54) is 22.5 Å². The summed E-state index contributed by atoms with van der Waals surface area (Å²) >= 11 is 0. The van der Waals surface area contributed by atoms with Crippen molar-refractivity contribution in [3.63, 3.8) is 0 Å². The maximum absolute atomic E-state index is 13.1. The highest BCUT2D eigenvalue weighted by atomic mass is 29.3. The van der Waals surface area contributed by atoms with Crippen LogP contribution in [-0.4, -0.2) is 29.4 Å². The summed E-state index contributed by atoms with van der Waals surface area (Å²) in [4.78, 5) is 0. The molecule has 164 valence electrons. The average Bonchev–Trinajstić information content (AvgIpc) is 2.78. The van der Waals surface area contributed by atoms with Crippen LogP contribution in [0.2, 0.25) is 19.6 Å². The Labute approximate surface area is 183 Å². The van der Waals surface area contributed by atoms with Crippen LogP contribution < -0.4 is 25.0 Å². The number of ether oxygens (including phenoxy) is 2. The zero-order valence-corrected chi connectivity index (χ0v) is 20.4. The summed E-state index contributed by atoms with van der Waals surface area (Å²) in [5, 5.41) is 3.43. The SMILES string of the molecule is COc1ccc([Si](C)(c2cccc(OC)c2)[Si](C)(C)c2ccc(C(F)(F)F)cc2)cc1. The normalized spacial score (nSPS) is 14.1. The molecule has 0 fully saturated rings. The quantitative estimate of drug-likeness (QED) is 0.500. The highest BCUT2D eigenvalue weighted by Gasteiger charge is 2.49. The van der Waals surface area contributed by atoms with Gasteiger partial charge in [-0.15, -0.1) is 0 Å². The number of hydrogen-bond acceptors (Lipinski definition) is 2. The molecule has 0 saturated carbocycles. The fourth-order valence-corrected chi connectivity index (χ4v) is 16.7. The number of methoxy groups -OCH3 is 2. The van der Waals surface area contributed by atoms with Gasteiger partial charge in [0.05, 0.1) is 27.4 Å². The lowest BCUT2D eigenvalue weighted by Gasteiger charge is -2.42. The van der Waals surface area contributed by atoms with Gasteiger partial charge in [0, 0.05) is 0 Å². The molecule has 2 nitrogen and oxygen atoms in total. The molecule has 0 aliphatic rings. The number of alkyl halides is 3. The highest BCUT2D eigenvalue weighted by Crippen LogP contribution is 2.29. The van der Waals surface area contributed by atoms with Crippen molar-refractivity contribution in [1.29, 1.82) is 0 Å². The Bertz CT molecular complexity index is 1030. The van der Waals surface area contributed by atoms with Crippen LogP contribution in [-0.2, 0) is 6.18 Å². The average molecular weight is 461 g/mol. The van der Waals surface area contributed by atoms with Crippen molar-refractivity contribution in [1.82, 2.24) is 0 Å². The smallest absolute Gasteiger partial charge is 0.416 e. The fraction of sp³-hybridized carbons (Fsp3) is 0.250. The maximum atomic E-state index is 13.1. The molecule has 0 spiro atoms. The van der Waals surface area contributed by atoms with E-state index < -0.39 is 26.9 Å². The molecule has 3 aromatic rings. The summed E-state index contributed by atoms with van der Waals surface area (Å²) in [6.45, 7) is 6.82. The number of rotatable bonds is 6. The van der Waals surface area contributed by atoms with Crippen LogP contribution in [0.25, 0.3) is 0 Å². The zero-order chi connectivity index (χ0) is 22.9. The van der Waals surface area contributed by atoms with E-state index in [1.54, 1.807) is 26.4 Å². The molecule has 3 rings (SSSR count). The number of hydrogen-bond donors (Lipinski definition) is 0. The Balaban J connectivity index is 2.20. The molecule has 0 saturated heterocycles. The molecule has 1 unspecified atom stereocenters. The summed E-state index contributed by atoms with van der Waals surface area (Å²) in [5.74, 6) is 1.56. The standard InChI is InChI=1S/C24H27F3O2Si2/c1-28-19-11-15-22(16-12-19)31(5,23-8-6-7-20(17-23)29-2)30(3,4)21-13-9-18(10-14-21)24(25,26)27/h6-17H,1-5H3. The van der Waals surface area contributed by atoms with Gasteiger partial charge in [0.2, 0.25) is 0 Å². The second kappa shape index (κ2) is 8.55. The molecule has 7 heteroatoms. The molecule has 31 heavy (non-hydrogen) atoms. The molecule has 0 bridgehead atoms. The lowest BCUT2D eigenvalue weighted by Crippen LogP contribution is -2.76. The number of benzene rings is 3. The summed E-state index contributed by atoms with van der Waals surface area (Å²) in [6.07, 6.45) is -4.34. The van der Waals surface area contributed by atoms with E-state index in [4.69, 9.17) is 9.47 Å². The molecule has 0 heterocycles. The minimum Gasteiger partial charge on any atom is -0.497 e. The molecular weight excluding hydrogens is 433 g/mol. The van der Waals surface area contributed by atoms with E-state index in [0.29, 0.717) is 0 Å². The molecular formula is C24H27F3O2Si2. The number of halogens is 3. The summed E-state index contributed by atoms with van der Waals surface area (Å²) in [6, 6.07) is 22.0. The minimum atomic E-state index is -4.34. The van der Waals surface area contributed by atoms with Gasteiger partial charge >= 0.3 is 6.18 Å². The summed E-state index contributed by atoms with van der Waals surface area (Å²) in [5.41, 5.74) is -0.616. The first-order chi connectivity index (χ1) is 14.5. The van der Waals surface area contributed by atoms with E-state index in [1.807, 2.05) is 24.3 Å². The monoisotopic (exact) mass is 460 g/mol. The maximum Gasteiger partial charge on any atom is 0.416 e. The van der Waals surface area contributed by atoms with Gasteiger partial charge in [-0.05, 0) is 24.3 Å². The van der Waals surface area contributed by atoms with Crippen molar-refractivity contribution in [3.05, 3.63) is 78.4 Å². The van der Waals surface area contributed by atoms with Gasteiger partial charge in [-0.2, -0.15) is 13.2 Å². The third-order valence-electron chi connectivity index (χ3n) is 6.50. The molecule has 0 amide bonds. The topological polar surface area (TPSA) is 18.5 Å². The van der Waals surface area contributed by atoms with E-state index in [-0.39, 0.29) is 0 Å². The van der Waals surface area contributed by atoms with Gasteiger partial charge in [-0.1, -0.05) is 83.7 Å². The van der Waals surface area contributed by atoms with Crippen LogP contribution >= 0.6 is 0 Å². The molecule has 0 N–H and O–H groups in total. The summed E-state index contributed by atoms with van der Waals surface area (Å²) < 4.78 is 50.2. The molecule has 3 aromatic carbocycles. The van der Waals surface area contributed by atoms with Gasteiger partial charge in [-0.25, -0.2) is 0 Å². The molecule has 0 aliphatic heterocycles. The fourth-order valence-electron chi connectivity index (χ4n) is 4.11. The predicted octanol–water partition coefficient (Wildman–Crippen LogP) is 4.61. The van der Waals surface area contributed by atoms with E-state index >= 15 is 0 Å². The second-order valence-electron chi connectivity index (χ2n) is 8.29. The largest absolute Gasteiger partial charge is 0.497 e. The first-order valence-corrected chi connectivity index (χ1v) is 16.5. The molecule has 0 aromatic heterocycles. The van der Waals surface area contributed by atoms with Crippen molar-refractivity contribution in [3.8, 4) is 11.5 Å². The Kier molecular flexibility index (Phi) is 6.39. The Morgan fingerprint density at radius 2 is 1.19 bits per heavy atom. The third kappa shape index (κ3) is 4.29. The van der Waals surface area contributed by atoms with E-state index in [2.05, 4.69) is 43.9 Å². The zero-order valence-electron chi connectivity index (χ0n) is 18.4. The van der Waals surface area contributed by atoms with Crippen molar-refractivity contribution < 1.29 is 22.6 Å². The van der Waals surface area contributed by atoms with Crippen LogP contribution in [0.3, 0.4) is 0 Å². The lowest BCUT2D eigenvalue weighted by atomic mass is 10.2. The first-order valence-electron chi connectivity index (χ1n) is 10.0. The van der Waals surface area contributed by atoms with Crippen molar-refractivity contribution in [2.45, 2.75) is 25.8 Å². The van der Waals surface area contributed by atoms with Crippen LogP contribution in [0, 0.1) is 0 Å². The highest BCUT2D eigenvalue weighted by molar-refractivity contribution is 7.54. The van der Waals surface area contributed by atoms with Crippen LogP contribution in [0.1, 0.15) is 5.56 Å². The van der Waals surface area contributed by atoms with Gasteiger partial charge in [0.15, 0.2) is 0 Å². The van der Waals surface area contributed by atoms with Gasteiger partial charge < -0.3 is 9.47 Å². The van der Waals surface area contributed by atoms with Crippen molar-refractivity contribution >= 4 is 30.7 Å². The second-order valence-corrected chi connectivity index (χ2v) is 22.3. The lowest BCUT2D eigenvalue weighted by molar-refractivity contribution is -0.137. The predicted molar refractivity (Wildman–Crippen MR) is 125 cm³/mol. The third-order valence-corrected chi connectivity index (χ3v) is 23.8. The van der Waals surface area contributed by atoms with Crippen molar-refractivity contribution in [2.75, 3.05) is 14.2 Å². The van der Waals surface area contributed by atoms with Crippen molar-refractivity contribution in [2.24, 2.45) is 0 Å². The van der Waals surface area contributed by atoms with Gasteiger partial charge in [0.1, 0.15) is 19.1 Å². The Morgan fingerprint density at radius 3 is 1.71 bits per heavy atom. The van der Waals surface area contributed by atoms with E-state index in [9.17, 15) is 13.2 Å². The first kappa shape index (κ1) is 23.2. The van der Waals surface area contributed by atoms with Crippen LogP contribution in [0.5, 0.6) is 11.5 Å². The van der Waals surface area contributed by atoms with Crippen LogP contribution in [0.15, 0.2) is 72.8 Å². The van der Waals surface area contributed by atoms with Crippen LogP contribution in [0.4, 0.5) is 13.2 Å². The Hall–Kier alpha value is -2.52.